The number of likely N-dealkylation sites (tertiary alicyclic amines) is 1. The zero-order chi connectivity index (χ0) is 29.8. The lowest BCUT2D eigenvalue weighted by Gasteiger charge is -2.36. The molecule has 1 saturated heterocycles. The van der Waals surface area contributed by atoms with Crippen molar-refractivity contribution in [1.82, 2.24) is 9.88 Å². The molecule has 7 nitrogen and oxygen atoms in total. The molecule has 1 aliphatic carbocycles. The van der Waals surface area contributed by atoms with Crippen LogP contribution in [0.25, 0.3) is 11.6 Å². The molecule has 3 aromatic rings. The number of phenols is 1. The van der Waals surface area contributed by atoms with Crippen molar-refractivity contribution in [1.29, 1.82) is 0 Å². The summed E-state index contributed by atoms with van der Waals surface area (Å²) in [5.41, 5.74) is 3.96. The second kappa shape index (κ2) is 13.3. The zero-order valence-electron chi connectivity index (χ0n) is 23.4. The van der Waals surface area contributed by atoms with Crippen molar-refractivity contribution in [2.75, 3.05) is 6.61 Å². The summed E-state index contributed by atoms with van der Waals surface area (Å²) in [4.78, 5) is 33.9. The zero-order valence-corrected chi connectivity index (χ0v) is 25.0. The number of carbonyl (C=O) groups excluding carboxylic acids is 2. The molecule has 2 aliphatic rings. The lowest BCUT2D eigenvalue weighted by molar-refractivity contribution is -0.140. The summed E-state index contributed by atoms with van der Waals surface area (Å²) in [6.07, 6.45) is 5.39. The topological polar surface area (TPSA) is 111 Å². The van der Waals surface area contributed by atoms with E-state index in [0.717, 1.165) is 28.1 Å². The Kier molecular flexibility index (Phi) is 9.58. The lowest BCUT2D eigenvalue weighted by atomic mass is 9.67. The molecule has 42 heavy (non-hydrogen) atoms. The molecular formula is C33H35ClN2O5S. The van der Waals surface area contributed by atoms with Gasteiger partial charge in [0.05, 0.1) is 41.8 Å². The fraction of sp³-hybridized carbons (Fsp3) is 0.364. The molecule has 4 atom stereocenters. The van der Waals surface area contributed by atoms with Gasteiger partial charge in [0.2, 0.25) is 11.8 Å². The third-order valence-electron chi connectivity index (χ3n) is 8.27. The molecule has 0 spiro atoms. The Labute approximate surface area is 254 Å². The number of phenolic OH excluding ortho intramolecular Hbond substituents is 1. The largest absolute Gasteiger partial charge is 0.508 e. The first-order valence-corrected chi connectivity index (χ1v) is 15.6. The maximum absolute atomic E-state index is 13.6. The van der Waals surface area contributed by atoms with Crippen molar-refractivity contribution in [2.45, 2.75) is 51.7 Å². The van der Waals surface area contributed by atoms with Crippen LogP contribution in [0.5, 0.6) is 5.75 Å². The monoisotopic (exact) mass is 606 g/mol. The van der Waals surface area contributed by atoms with Crippen LogP contribution in [0, 0.1) is 17.8 Å². The van der Waals surface area contributed by atoms with E-state index in [0.29, 0.717) is 41.8 Å². The van der Waals surface area contributed by atoms with Gasteiger partial charge in [-0.05, 0) is 90.2 Å². The maximum Gasteiger partial charge on any atom is 0.234 e. The fourth-order valence-corrected chi connectivity index (χ4v) is 7.29. The van der Waals surface area contributed by atoms with E-state index in [1.54, 1.807) is 18.3 Å². The highest BCUT2D eigenvalue weighted by Crippen LogP contribution is 2.47. The number of imide groups is 1. The molecule has 220 valence electrons. The van der Waals surface area contributed by atoms with Crippen LogP contribution in [0.2, 0.25) is 5.02 Å². The number of carbonyl (C=O) groups is 2. The number of aromatic nitrogens is 1. The minimum atomic E-state index is -0.915. The summed E-state index contributed by atoms with van der Waals surface area (Å²) in [6.45, 7) is 1.96. The van der Waals surface area contributed by atoms with Gasteiger partial charge in [-0.25, -0.2) is 0 Å². The van der Waals surface area contributed by atoms with Gasteiger partial charge in [-0.2, -0.15) is 0 Å². The molecular weight excluding hydrogens is 572 g/mol. The van der Waals surface area contributed by atoms with Crippen molar-refractivity contribution < 1.29 is 24.9 Å². The minimum Gasteiger partial charge on any atom is -0.508 e. The van der Waals surface area contributed by atoms with E-state index < -0.39 is 23.9 Å². The van der Waals surface area contributed by atoms with Crippen LogP contribution in [0.3, 0.4) is 0 Å². The van der Waals surface area contributed by atoms with Crippen molar-refractivity contribution in [2.24, 2.45) is 17.8 Å². The third-order valence-corrected chi connectivity index (χ3v) is 9.46. The quantitative estimate of drug-likeness (QED) is 0.180. The van der Waals surface area contributed by atoms with E-state index in [1.165, 1.54) is 22.3 Å². The van der Waals surface area contributed by atoms with Gasteiger partial charge in [-0.3, -0.25) is 19.5 Å². The Morgan fingerprint density at radius 1 is 1.19 bits per heavy atom. The number of rotatable bonds is 11. The Hall–Kier alpha value is -3.30. The van der Waals surface area contributed by atoms with Crippen LogP contribution < -0.4 is 0 Å². The average Bonchev–Trinajstić information content (AvgIpc) is 3.59. The Bertz CT molecular complexity index is 1490. The molecule has 0 bridgehead atoms. The number of benzene rings is 1. The summed E-state index contributed by atoms with van der Waals surface area (Å²) in [5.74, 6) is -2.22. The van der Waals surface area contributed by atoms with Crippen LogP contribution in [-0.4, -0.2) is 49.7 Å². The molecule has 3 heterocycles. The van der Waals surface area contributed by atoms with Gasteiger partial charge in [-0.15, -0.1) is 11.3 Å². The second-order valence-electron chi connectivity index (χ2n) is 10.9. The number of hydrogen-bond donors (Lipinski definition) is 3. The number of fused-ring (bicyclic) bond motifs is 1. The maximum atomic E-state index is 13.6. The van der Waals surface area contributed by atoms with Gasteiger partial charge in [0.1, 0.15) is 5.75 Å². The van der Waals surface area contributed by atoms with Crippen LogP contribution >= 0.6 is 22.9 Å². The van der Waals surface area contributed by atoms with Crippen LogP contribution in [0.4, 0.5) is 0 Å². The van der Waals surface area contributed by atoms with E-state index in [1.807, 2.05) is 48.7 Å². The Morgan fingerprint density at radius 2 is 2.02 bits per heavy atom. The number of amides is 2. The van der Waals surface area contributed by atoms with Crippen LogP contribution in [-0.2, 0) is 16.1 Å². The highest BCUT2D eigenvalue weighted by molar-refractivity contribution is 7.09. The lowest BCUT2D eigenvalue weighted by Crippen LogP contribution is -2.39. The molecule has 2 aromatic heterocycles. The molecule has 0 unspecified atom stereocenters. The molecule has 9 heteroatoms. The summed E-state index contributed by atoms with van der Waals surface area (Å²) < 4.78 is 0. The molecule has 0 saturated carbocycles. The Balaban J connectivity index is 1.43. The summed E-state index contributed by atoms with van der Waals surface area (Å²) in [7, 11) is 0. The molecule has 1 aliphatic heterocycles. The number of allylic oxidation sites excluding steroid dienone is 2. The number of pyridine rings is 1. The summed E-state index contributed by atoms with van der Waals surface area (Å²) in [5, 5.41) is 34.4. The first-order chi connectivity index (χ1) is 20.3. The average molecular weight is 607 g/mol. The first kappa shape index (κ1) is 30.2. The van der Waals surface area contributed by atoms with Crippen LogP contribution in [0.1, 0.15) is 55.2 Å². The van der Waals surface area contributed by atoms with Crippen molar-refractivity contribution in [3.8, 4) is 5.75 Å². The molecule has 1 fully saturated rings. The smallest absolute Gasteiger partial charge is 0.234 e. The number of halogens is 1. The second-order valence-corrected chi connectivity index (χ2v) is 12.4. The predicted molar refractivity (Wildman–Crippen MR) is 164 cm³/mol. The van der Waals surface area contributed by atoms with Gasteiger partial charge in [0.25, 0.3) is 0 Å². The third kappa shape index (κ3) is 6.22. The van der Waals surface area contributed by atoms with E-state index in [9.17, 15) is 24.9 Å². The van der Waals surface area contributed by atoms with E-state index in [-0.39, 0.29) is 30.7 Å². The summed E-state index contributed by atoms with van der Waals surface area (Å²) >= 11 is 7.90. The number of nitrogens with zero attached hydrogens (tertiary/aromatic N) is 2. The minimum absolute atomic E-state index is 0.0712. The number of hydrogen-bond acceptors (Lipinski definition) is 7. The van der Waals surface area contributed by atoms with Gasteiger partial charge < -0.3 is 15.3 Å². The summed E-state index contributed by atoms with van der Waals surface area (Å²) in [6, 6.07) is 14.2. The fourth-order valence-electron chi connectivity index (χ4n) is 6.37. The number of aliphatic hydroxyl groups is 2. The standard InChI is InChI=1S/C33H35ClN2O5S/c1-2-6-22-16-25-31(33(41)36(32(25)40)18-24-7-5-14-42-24)26(19-37)30(22)29(39)12-10-21(28-8-3-4-13-35-28)15-20-9-11-23(38)17-27(20)34/h3-5,7-9,11,13-15,17,25-26,29,31,37-39H,2,6,10,12,16,18-19H2,1H3/b21-15-/t25-,26+,29-,31-/m1/s1. The first-order valence-electron chi connectivity index (χ1n) is 14.3. The highest BCUT2D eigenvalue weighted by Gasteiger charge is 2.54. The number of aromatic hydroxyl groups is 1. The molecule has 3 N–H and O–H groups in total. The van der Waals surface area contributed by atoms with Crippen molar-refractivity contribution >= 4 is 46.4 Å². The normalized spacial score (nSPS) is 21.7. The van der Waals surface area contributed by atoms with Crippen LogP contribution in [0.15, 0.2) is 71.3 Å². The molecule has 0 radical (unpaired) electrons. The molecule has 1 aromatic carbocycles. The highest BCUT2D eigenvalue weighted by atomic mass is 35.5. The van der Waals surface area contributed by atoms with Gasteiger partial charge in [-0.1, -0.05) is 42.7 Å². The van der Waals surface area contributed by atoms with E-state index >= 15 is 0 Å². The van der Waals surface area contributed by atoms with E-state index in [4.69, 9.17) is 11.6 Å². The molecule has 5 rings (SSSR count). The van der Waals surface area contributed by atoms with E-state index in [2.05, 4.69) is 4.98 Å². The Morgan fingerprint density at radius 3 is 2.69 bits per heavy atom. The van der Waals surface area contributed by atoms with Gasteiger partial charge >= 0.3 is 0 Å². The van der Waals surface area contributed by atoms with Crippen molar-refractivity contribution in [3.63, 3.8) is 0 Å². The number of thiophene rings is 1. The van der Waals surface area contributed by atoms with Crippen molar-refractivity contribution in [3.05, 3.63) is 92.4 Å². The van der Waals surface area contributed by atoms with Gasteiger partial charge in [0, 0.05) is 17.0 Å². The van der Waals surface area contributed by atoms with Gasteiger partial charge in [0.15, 0.2) is 0 Å². The molecule has 2 amide bonds. The number of aliphatic hydroxyl groups excluding tert-OH is 2. The SMILES string of the molecule is CCCC1=C([C@H](O)CC/C(=C/c2ccc(O)cc2Cl)c2ccccn2)[C@H](CO)[C@@H]2C(=O)N(Cc3cccs3)C(=O)[C@@H]2C1. The predicted octanol–water partition coefficient (Wildman–Crippen LogP) is 6.09.